The summed E-state index contributed by atoms with van der Waals surface area (Å²) in [5.74, 6) is 0.681. The highest BCUT2D eigenvalue weighted by Gasteiger charge is 2.09. The van der Waals surface area contributed by atoms with Crippen molar-refractivity contribution in [3.8, 4) is 22.6 Å². The molecular weight excluding hydrogens is 533 g/mol. The molecule has 2 N–H and O–H groups in total. The van der Waals surface area contributed by atoms with Crippen molar-refractivity contribution in [2.45, 2.75) is 0 Å². The molecule has 0 aliphatic rings. The molecule has 5 rings (SSSR count). The number of nitrogens with one attached hydrogen (secondary N) is 2. The fraction of sp³-hybridized carbons (Fsp3) is 0. The molecule has 0 aliphatic carbocycles. The van der Waals surface area contributed by atoms with Gasteiger partial charge in [0.1, 0.15) is 11.5 Å². The van der Waals surface area contributed by atoms with Crippen LogP contribution >= 0.6 is 46.8 Å². The molecule has 2 aromatic heterocycles. The van der Waals surface area contributed by atoms with Gasteiger partial charge in [-0.25, -0.2) is 4.98 Å². The van der Waals surface area contributed by atoms with Gasteiger partial charge in [0.25, 0.3) is 0 Å². The Bertz CT molecular complexity index is 1600. The Labute approximate surface area is 226 Å². The number of benzene rings is 3. The predicted octanol–water partition coefficient (Wildman–Crippen LogP) is 8.06. The molecule has 2 heterocycles. The summed E-state index contributed by atoms with van der Waals surface area (Å²) in [4.78, 5) is 16.9. The zero-order valence-electron chi connectivity index (χ0n) is 18.5. The second kappa shape index (κ2) is 10.6. The van der Waals surface area contributed by atoms with Gasteiger partial charge in [-0.05, 0) is 65.5 Å². The quantitative estimate of drug-likeness (QED) is 0.171. The molecule has 0 bridgehead atoms. The summed E-state index contributed by atoms with van der Waals surface area (Å²) in [5, 5.41) is 11.6. The number of carbonyl (C=O) groups excluding carboxylic acids is 1. The second-order valence-electron chi connectivity index (χ2n) is 7.74. The number of hydrogen-bond acceptors (Lipinski definition) is 5. The summed E-state index contributed by atoms with van der Waals surface area (Å²) >= 11 is 18.8. The highest BCUT2D eigenvalue weighted by molar-refractivity contribution is 7.80. The van der Waals surface area contributed by atoms with E-state index in [-0.39, 0.29) is 5.11 Å². The van der Waals surface area contributed by atoms with Crippen LogP contribution in [0.25, 0.3) is 39.4 Å². The van der Waals surface area contributed by atoms with Gasteiger partial charge < -0.3 is 9.73 Å². The minimum Gasteiger partial charge on any atom is -0.457 e. The van der Waals surface area contributed by atoms with Crippen LogP contribution in [0, 0.1) is 0 Å². The molecule has 9 heteroatoms. The Morgan fingerprint density at radius 2 is 1.72 bits per heavy atom. The minimum absolute atomic E-state index is 0.151. The number of anilines is 1. The normalized spacial score (nSPS) is 11.2. The number of furan rings is 1. The summed E-state index contributed by atoms with van der Waals surface area (Å²) in [6, 6.07) is 23.0. The van der Waals surface area contributed by atoms with Gasteiger partial charge in [0.05, 0.1) is 5.69 Å². The third-order valence-corrected chi connectivity index (χ3v) is 6.58. The SMILES string of the molecule is O=C(/C=C/c1ccc(-c2cc(Cl)cc(Cl)c2)o1)NC(=S)Nc1nc(-c2ccc3ccccc3c2)cs1. The summed E-state index contributed by atoms with van der Waals surface area (Å²) in [6.07, 6.45) is 2.89. The zero-order valence-corrected chi connectivity index (χ0v) is 21.6. The van der Waals surface area contributed by atoms with Crippen molar-refractivity contribution in [2.24, 2.45) is 0 Å². The third kappa shape index (κ3) is 5.83. The largest absolute Gasteiger partial charge is 0.457 e. The fourth-order valence-electron chi connectivity index (χ4n) is 3.55. The van der Waals surface area contributed by atoms with Gasteiger partial charge in [0.15, 0.2) is 10.2 Å². The van der Waals surface area contributed by atoms with Crippen LogP contribution in [0.2, 0.25) is 10.0 Å². The first-order valence-electron chi connectivity index (χ1n) is 10.7. The Balaban J connectivity index is 1.18. The number of fused-ring (bicyclic) bond motifs is 1. The first kappa shape index (κ1) is 24.2. The lowest BCUT2D eigenvalue weighted by molar-refractivity contribution is -0.115. The van der Waals surface area contributed by atoms with Gasteiger partial charge >= 0.3 is 0 Å². The topological polar surface area (TPSA) is 67.2 Å². The molecule has 36 heavy (non-hydrogen) atoms. The molecule has 0 saturated heterocycles. The molecule has 5 aromatic rings. The summed E-state index contributed by atoms with van der Waals surface area (Å²) in [5.41, 5.74) is 2.58. The van der Waals surface area contributed by atoms with Crippen molar-refractivity contribution in [3.63, 3.8) is 0 Å². The predicted molar refractivity (Wildman–Crippen MR) is 153 cm³/mol. The van der Waals surface area contributed by atoms with Gasteiger partial charge in [-0.2, -0.15) is 0 Å². The standard InChI is InChI=1S/C27H17Cl2N3O2S2/c28-20-12-19(13-21(29)14-20)24-9-7-22(34-24)8-10-25(33)31-26(35)32-27-30-23(15-36-27)18-6-5-16-3-1-2-4-17(16)11-18/h1-15H,(H2,30,31,32,33,35)/b10-8+. The summed E-state index contributed by atoms with van der Waals surface area (Å²) in [7, 11) is 0. The van der Waals surface area contributed by atoms with E-state index in [1.807, 2.05) is 23.6 Å². The Hall–Kier alpha value is -3.49. The number of hydrogen-bond donors (Lipinski definition) is 2. The number of thiazole rings is 1. The van der Waals surface area contributed by atoms with Crippen LogP contribution < -0.4 is 10.6 Å². The van der Waals surface area contributed by atoms with Crippen LogP contribution in [0.15, 0.2) is 88.7 Å². The van der Waals surface area contributed by atoms with E-state index in [1.54, 1.807) is 36.4 Å². The maximum atomic E-state index is 12.3. The average molecular weight is 550 g/mol. The molecule has 5 nitrogen and oxygen atoms in total. The molecule has 0 spiro atoms. The van der Waals surface area contributed by atoms with E-state index >= 15 is 0 Å². The molecule has 0 unspecified atom stereocenters. The lowest BCUT2D eigenvalue weighted by Crippen LogP contribution is -2.32. The van der Waals surface area contributed by atoms with Crippen molar-refractivity contribution < 1.29 is 9.21 Å². The Morgan fingerprint density at radius 1 is 0.944 bits per heavy atom. The van der Waals surface area contributed by atoms with E-state index < -0.39 is 5.91 Å². The number of carbonyl (C=O) groups is 1. The summed E-state index contributed by atoms with van der Waals surface area (Å²) in [6.45, 7) is 0. The minimum atomic E-state index is -0.400. The maximum absolute atomic E-state index is 12.3. The smallest absolute Gasteiger partial charge is 0.250 e. The average Bonchev–Trinajstić information content (AvgIpc) is 3.52. The Kier molecular flexibility index (Phi) is 7.16. The molecular formula is C27H17Cl2N3O2S2. The van der Waals surface area contributed by atoms with Gasteiger partial charge in [-0.3, -0.25) is 10.1 Å². The van der Waals surface area contributed by atoms with E-state index in [1.165, 1.54) is 22.8 Å². The molecule has 1 amide bonds. The first-order valence-corrected chi connectivity index (χ1v) is 12.8. The number of rotatable bonds is 5. The zero-order chi connectivity index (χ0) is 25.1. The van der Waals surface area contributed by atoms with Crippen molar-refractivity contribution in [3.05, 3.63) is 100 Å². The lowest BCUT2D eigenvalue weighted by atomic mass is 10.1. The van der Waals surface area contributed by atoms with E-state index in [9.17, 15) is 4.79 Å². The van der Waals surface area contributed by atoms with Gasteiger partial charge in [-0.1, -0.05) is 59.6 Å². The lowest BCUT2D eigenvalue weighted by Gasteiger charge is -2.04. The van der Waals surface area contributed by atoms with Crippen LogP contribution in [0.5, 0.6) is 0 Å². The van der Waals surface area contributed by atoms with Crippen molar-refractivity contribution >= 4 is 79.8 Å². The third-order valence-electron chi connectivity index (χ3n) is 5.18. The van der Waals surface area contributed by atoms with Crippen molar-refractivity contribution in [2.75, 3.05) is 5.32 Å². The number of aromatic nitrogens is 1. The number of nitrogens with zero attached hydrogens (tertiary/aromatic N) is 1. The van der Waals surface area contributed by atoms with E-state index in [4.69, 9.17) is 39.8 Å². The second-order valence-corrected chi connectivity index (χ2v) is 9.88. The van der Waals surface area contributed by atoms with Gasteiger partial charge in [0, 0.05) is 32.6 Å². The highest BCUT2D eigenvalue weighted by atomic mass is 35.5. The van der Waals surface area contributed by atoms with E-state index in [2.05, 4.69) is 39.9 Å². The van der Waals surface area contributed by atoms with Crippen LogP contribution in [-0.4, -0.2) is 16.0 Å². The number of halogens is 2. The van der Waals surface area contributed by atoms with Crippen LogP contribution in [0.3, 0.4) is 0 Å². The molecule has 0 saturated carbocycles. The van der Waals surface area contributed by atoms with Crippen LogP contribution in [0.1, 0.15) is 5.76 Å². The monoisotopic (exact) mass is 549 g/mol. The van der Waals surface area contributed by atoms with E-state index in [0.29, 0.717) is 26.7 Å². The van der Waals surface area contributed by atoms with Crippen LogP contribution in [0.4, 0.5) is 5.13 Å². The Morgan fingerprint density at radius 3 is 2.53 bits per heavy atom. The molecule has 0 radical (unpaired) electrons. The first-order chi connectivity index (χ1) is 17.4. The number of thiocarbonyl (C=S) groups is 1. The molecule has 0 aliphatic heterocycles. The number of amides is 1. The maximum Gasteiger partial charge on any atom is 0.250 e. The van der Waals surface area contributed by atoms with Crippen molar-refractivity contribution in [1.29, 1.82) is 0 Å². The highest BCUT2D eigenvalue weighted by Crippen LogP contribution is 2.29. The molecule has 0 fully saturated rings. The van der Waals surface area contributed by atoms with Gasteiger partial charge in [0.2, 0.25) is 5.91 Å². The molecule has 178 valence electrons. The van der Waals surface area contributed by atoms with Crippen molar-refractivity contribution in [1.82, 2.24) is 10.3 Å². The van der Waals surface area contributed by atoms with Crippen LogP contribution in [-0.2, 0) is 4.79 Å². The van der Waals surface area contributed by atoms with Gasteiger partial charge in [-0.15, -0.1) is 11.3 Å². The van der Waals surface area contributed by atoms with E-state index in [0.717, 1.165) is 22.2 Å². The fourth-order valence-corrected chi connectivity index (χ4v) is 5.06. The summed E-state index contributed by atoms with van der Waals surface area (Å²) < 4.78 is 5.76. The molecule has 3 aromatic carbocycles. The molecule has 0 atom stereocenters.